The van der Waals surface area contributed by atoms with Crippen LogP contribution in [0.3, 0.4) is 0 Å². The Kier molecular flexibility index (Phi) is 8.21. The lowest BCUT2D eigenvalue weighted by molar-refractivity contribution is -0.143. The van der Waals surface area contributed by atoms with Crippen LogP contribution in [0.15, 0.2) is 12.2 Å². The predicted octanol–water partition coefficient (Wildman–Crippen LogP) is 2.23. The van der Waals surface area contributed by atoms with Crippen molar-refractivity contribution in [3.05, 3.63) is 12.2 Å². The fourth-order valence-corrected chi connectivity index (χ4v) is 1.07. The molecule has 92 valence electrons. The van der Waals surface area contributed by atoms with Crippen molar-refractivity contribution in [3.63, 3.8) is 0 Å². The third kappa shape index (κ3) is 8.03. The quantitative estimate of drug-likeness (QED) is 0.363. The molecule has 0 atom stereocenters. The number of rotatable bonds is 8. The highest BCUT2D eigenvalue weighted by Gasteiger charge is 2.03. The molecule has 0 rings (SSSR count). The van der Waals surface area contributed by atoms with Crippen LogP contribution in [-0.4, -0.2) is 25.2 Å². The number of hydrogen-bond donors (Lipinski definition) is 0. The van der Waals surface area contributed by atoms with Crippen LogP contribution in [0.5, 0.6) is 0 Å². The van der Waals surface area contributed by atoms with Crippen LogP contribution in [0, 0.1) is 0 Å². The van der Waals surface area contributed by atoms with Crippen LogP contribution in [0.2, 0.25) is 0 Å². The summed E-state index contributed by atoms with van der Waals surface area (Å²) in [5, 5.41) is 0. The highest BCUT2D eigenvalue weighted by atomic mass is 16.5. The molecule has 0 amide bonds. The molecule has 0 unspecified atom stereocenters. The molecule has 0 aromatic heterocycles. The summed E-state index contributed by atoms with van der Waals surface area (Å²) >= 11 is 0. The Morgan fingerprint density at radius 3 is 2.38 bits per heavy atom. The zero-order chi connectivity index (χ0) is 12.4. The number of unbranched alkanes of at least 4 members (excludes halogenated alkanes) is 2. The van der Waals surface area contributed by atoms with Crippen LogP contribution >= 0.6 is 0 Å². The summed E-state index contributed by atoms with van der Waals surface area (Å²) < 4.78 is 9.69. The lowest BCUT2D eigenvalue weighted by Gasteiger charge is -2.04. The zero-order valence-corrected chi connectivity index (χ0v) is 10.1. The van der Waals surface area contributed by atoms with Gasteiger partial charge < -0.3 is 9.47 Å². The van der Waals surface area contributed by atoms with E-state index in [0.717, 1.165) is 19.3 Å². The summed E-state index contributed by atoms with van der Waals surface area (Å²) in [5.74, 6) is -0.521. The van der Waals surface area contributed by atoms with Gasteiger partial charge >= 0.3 is 11.9 Å². The zero-order valence-electron chi connectivity index (χ0n) is 10.1. The standard InChI is InChI=1S/C12H20O4/c1-4-15-11(13)8-6-5-7-9-16-12(14)10(2)3/h2,4-9H2,1,3H3. The minimum atomic E-state index is -0.356. The highest BCUT2D eigenvalue weighted by Crippen LogP contribution is 2.02. The number of esters is 2. The molecule has 0 spiro atoms. The van der Waals surface area contributed by atoms with Gasteiger partial charge in [0.2, 0.25) is 0 Å². The van der Waals surface area contributed by atoms with E-state index in [1.54, 1.807) is 13.8 Å². The number of ether oxygens (including phenoxy) is 2. The highest BCUT2D eigenvalue weighted by molar-refractivity contribution is 5.86. The van der Waals surface area contributed by atoms with Crippen LogP contribution in [-0.2, 0) is 19.1 Å². The van der Waals surface area contributed by atoms with Gasteiger partial charge in [0.15, 0.2) is 0 Å². The molecule has 16 heavy (non-hydrogen) atoms. The Morgan fingerprint density at radius 2 is 1.81 bits per heavy atom. The van der Waals surface area contributed by atoms with Crippen molar-refractivity contribution in [3.8, 4) is 0 Å². The van der Waals surface area contributed by atoms with Crippen molar-refractivity contribution < 1.29 is 19.1 Å². The molecule has 0 saturated heterocycles. The first-order valence-corrected chi connectivity index (χ1v) is 5.56. The molecule has 0 bridgehead atoms. The van der Waals surface area contributed by atoms with E-state index < -0.39 is 0 Å². The third-order valence-corrected chi connectivity index (χ3v) is 1.91. The Bertz CT molecular complexity index is 245. The van der Waals surface area contributed by atoms with Crippen LogP contribution in [0.4, 0.5) is 0 Å². The van der Waals surface area contributed by atoms with Gasteiger partial charge in [-0.2, -0.15) is 0 Å². The molecule has 0 aliphatic carbocycles. The molecule has 0 fully saturated rings. The van der Waals surface area contributed by atoms with Gasteiger partial charge in [-0.25, -0.2) is 4.79 Å². The maximum atomic E-state index is 11.0. The molecular weight excluding hydrogens is 208 g/mol. The molecule has 0 N–H and O–H groups in total. The van der Waals surface area contributed by atoms with Gasteiger partial charge in [0.1, 0.15) is 0 Å². The van der Waals surface area contributed by atoms with Crippen molar-refractivity contribution in [2.24, 2.45) is 0 Å². The van der Waals surface area contributed by atoms with Crippen molar-refractivity contribution in [1.29, 1.82) is 0 Å². The van der Waals surface area contributed by atoms with Gasteiger partial charge in [-0.3, -0.25) is 4.79 Å². The lowest BCUT2D eigenvalue weighted by atomic mass is 10.2. The second-order valence-electron chi connectivity index (χ2n) is 3.53. The second kappa shape index (κ2) is 8.95. The normalized spacial score (nSPS) is 9.62. The molecule has 0 aromatic rings. The topological polar surface area (TPSA) is 52.6 Å². The molecular formula is C12H20O4. The monoisotopic (exact) mass is 228 g/mol. The molecule has 0 aliphatic heterocycles. The summed E-state index contributed by atoms with van der Waals surface area (Å²) in [4.78, 5) is 21.9. The van der Waals surface area contributed by atoms with Crippen molar-refractivity contribution in [2.45, 2.75) is 39.5 Å². The van der Waals surface area contributed by atoms with E-state index in [1.165, 1.54) is 0 Å². The maximum absolute atomic E-state index is 11.0. The number of hydrogen-bond acceptors (Lipinski definition) is 4. The average molecular weight is 228 g/mol. The van der Waals surface area contributed by atoms with Crippen LogP contribution < -0.4 is 0 Å². The lowest BCUT2D eigenvalue weighted by Crippen LogP contribution is -2.07. The summed E-state index contributed by atoms with van der Waals surface area (Å²) in [6.07, 6.45) is 2.81. The SMILES string of the molecule is C=C(C)C(=O)OCCCCCC(=O)OCC. The van der Waals surface area contributed by atoms with E-state index in [-0.39, 0.29) is 11.9 Å². The smallest absolute Gasteiger partial charge is 0.333 e. The van der Waals surface area contributed by atoms with Crippen LogP contribution in [0.1, 0.15) is 39.5 Å². The van der Waals surface area contributed by atoms with E-state index >= 15 is 0 Å². The Hall–Kier alpha value is -1.32. The van der Waals surface area contributed by atoms with Gasteiger partial charge in [-0.15, -0.1) is 0 Å². The summed E-state index contributed by atoms with van der Waals surface area (Å²) in [5.41, 5.74) is 0.409. The third-order valence-electron chi connectivity index (χ3n) is 1.91. The number of carbonyl (C=O) groups excluding carboxylic acids is 2. The predicted molar refractivity (Wildman–Crippen MR) is 60.9 cm³/mol. The van der Waals surface area contributed by atoms with Crippen molar-refractivity contribution >= 4 is 11.9 Å². The first-order valence-electron chi connectivity index (χ1n) is 5.56. The van der Waals surface area contributed by atoms with Gasteiger partial charge in [0, 0.05) is 12.0 Å². The van der Waals surface area contributed by atoms with Gasteiger partial charge in [-0.1, -0.05) is 6.58 Å². The summed E-state index contributed by atoms with van der Waals surface area (Å²) in [7, 11) is 0. The van der Waals surface area contributed by atoms with E-state index in [2.05, 4.69) is 6.58 Å². The van der Waals surface area contributed by atoms with Crippen LogP contribution in [0.25, 0.3) is 0 Å². The first kappa shape index (κ1) is 14.7. The van der Waals surface area contributed by atoms with E-state index in [9.17, 15) is 9.59 Å². The van der Waals surface area contributed by atoms with Gasteiger partial charge in [0.25, 0.3) is 0 Å². The largest absolute Gasteiger partial charge is 0.466 e. The summed E-state index contributed by atoms with van der Waals surface area (Å²) in [6.45, 7) is 7.69. The maximum Gasteiger partial charge on any atom is 0.333 e. The Balaban J connectivity index is 3.31. The fourth-order valence-electron chi connectivity index (χ4n) is 1.07. The van der Waals surface area contributed by atoms with Crippen molar-refractivity contribution in [2.75, 3.05) is 13.2 Å². The van der Waals surface area contributed by atoms with E-state index in [0.29, 0.717) is 25.2 Å². The molecule has 4 heteroatoms. The van der Waals surface area contributed by atoms with Crippen molar-refractivity contribution in [1.82, 2.24) is 0 Å². The second-order valence-corrected chi connectivity index (χ2v) is 3.53. The van der Waals surface area contributed by atoms with E-state index in [4.69, 9.17) is 9.47 Å². The Labute approximate surface area is 96.6 Å². The van der Waals surface area contributed by atoms with E-state index in [1.807, 2.05) is 0 Å². The molecule has 0 aromatic carbocycles. The first-order chi connectivity index (χ1) is 7.57. The molecule has 0 aliphatic rings. The fraction of sp³-hybridized carbons (Fsp3) is 0.667. The molecule has 0 heterocycles. The van der Waals surface area contributed by atoms with Gasteiger partial charge in [-0.05, 0) is 33.1 Å². The minimum absolute atomic E-state index is 0.165. The Morgan fingerprint density at radius 1 is 1.12 bits per heavy atom. The van der Waals surface area contributed by atoms with Gasteiger partial charge in [0.05, 0.1) is 13.2 Å². The summed E-state index contributed by atoms with van der Waals surface area (Å²) in [6, 6.07) is 0. The molecule has 0 saturated carbocycles. The molecule has 0 radical (unpaired) electrons. The minimum Gasteiger partial charge on any atom is -0.466 e. The number of carbonyl (C=O) groups is 2. The average Bonchev–Trinajstić information content (AvgIpc) is 2.23. The molecule has 4 nitrogen and oxygen atoms in total.